The van der Waals surface area contributed by atoms with Crippen molar-refractivity contribution in [2.24, 2.45) is 0 Å². The van der Waals surface area contributed by atoms with E-state index in [1.165, 1.54) is 4.68 Å². The van der Waals surface area contributed by atoms with Crippen LogP contribution in [-0.2, 0) is 11.3 Å². The maximum Gasteiger partial charge on any atom is 0.258 e. The molecule has 0 bridgehead atoms. The zero-order valence-electron chi connectivity index (χ0n) is 12.6. The molecule has 0 fully saturated rings. The fraction of sp³-hybridized carbons (Fsp3) is 0.125. The maximum absolute atomic E-state index is 11.9. The number of carbonyl (C=O) groups excluding carboxylic acids is 1. The molecule has 0 aliphatic rings. The number of aromatic nitrogens is 4. The van der Waals surface area contributed by atoms with Crippen molar-refractivity contribution < 1.29 is 9.53 Å². The third kappa shape index (κ3) is 4.08. The lowest BCUT2D eigenvalue weighted by molar-refractivity contribution is -0.123. The first-order valence-electron chi connectivity index (χ1n) is 7.20. The minimum Gasteiger partial charge on any atom is -0.484 e. The van der Waals surface area contributed by atoms with E-state index in [1.807, 2.05) is 18.2 Å². The van der Waals surface area contributed by atoms with Crippen LogP contribution in [0.5, 0.6) is 5.75 Å². The summed E-state index contributed by atoms with van der Waals surface area (Å²) in [5.74, 6) is 0.883. The molecule has 0 saturated heterocycles. The van der Waals surface area contributed by atoms with E-state index in [9.17, 15) is 4.79 Å². The minimum absolute atomic E-state index is 0.0769. The van der Waals surface area contributed by atoms with E-state index < -0.39 is 0 Å². The van der Waals surface area contributed by atoms with Gasteiger partial charge in [-0.3, -0.25) is 4.79 Å². The Morgan fingerprint density at radius 2 is 1.88 bits per heavy atom. The summed E-state index contributed by atoms with van der Waals surface area (Å²) in [6.07, 6.45) is 0. The van der Waals surface area contributed by atoms with Crippen molar-refractivity contribution in [1.29, 1.82) is 0 Å². The molecule has 0 atom stereocenters. The summed E-state index contributed by atoms with van der Waals surface area (Å²) in [6.45, 7) is 0.110. The quantitative estimate of drug-likeness (QED) is 0.740. The molecule has 8 heteroatoms. The zero-order chi connectivity index (χ0) is 16.8. The van der Waals surface area contributed by atoms with Crippen molar-refractivity contribution in [1.82, 2.24) is 25.5 Å². The van der Waals surface area contributed by atoms with Gasteiger partial charge in [0.1, 0.15) is 5.75 Å². The number of tetrazole rings is 1. The van der Waals surface area contributed by atoms with Crippen molar-refractivity contribution in [3.05, 3.63) is 65.4 Å². The second-order valence-corrected chi connectivity index (χ2v) is 5.30. The molecule has 1 aromatic heterocycles. The lowest BCUT2D eigenvalue weighted by Gasteiger charge is -2.08. The molecule has 7 nitrogen and oxygen atoms in total. The third-order valence-corrected chi connectivity index (χ3v) is 3.41. The van der Waals surface area contributed by atoms with E-state index in [-0.39, 0.29) is 19.1 Å². The Kier molecular flexibility index (Phi) is 5.02. The van der Waals surface area contributed by atoms with Gasteiger partial charge in [0.2, 0.25) is 0 Å². The maximum atomic E-state index is 11.9. The summed E-state index contributed by atoms with van der Waals surface area (Å²) >= 11 is 5.87. The van der Waals surface area contributed by atoms with Crippen LogP contribution in [0.3, 0.4) is 0 Å². The summed E-state index contributed by atoms with van der Waals surface area (Å²) < 4.78 is 6.92. The number of nitrogens with one attached hydrogen (secondary N) is 1. The zero-order valence-corrected chi connectivity index (χ0v) is 13.3. The molecule has 0 unspecified atom stereocenters. The molecule has 24 heavy (non-hydrogen) atoms. The molecular weight excluding hydrogens is 330 g/mol. The fourth-order valence-corrected chi connectivity index (χ4v) is 2.12. The molecule has 3 rings (SSSR count). The summed E-state index contributed by atoms with van der Waals surface area (Å²) in [5, 5.41) is 14.8. The molecule has 3 aromatic rings. The van der Waals surface area contributed by atoms with E-state index in [4.69, 9.17) is 16.3 Å². The summed E-state index contributed by atoms with van der Waals surface area (Å²) in [7, 11) is 0. The number of halogens is 1. The Labute approximate surface area is 143 Å². The van der Waals surface area contributed by atoms with Crippen LogP contribution < -0.4 is 10.1 Å². The SMILES string of the molecule is O=C(COc1ccccc1)NCc1nnnn1-c1ccc(Cl)cc1. The largest absolute Gasteiger partial charge is 0.484 e. The number of hydrogen-bond donors (Lipinski definition) is 1. The molecule has 0 spiro atoms. The molecule has 1 heterocycles. The standard InChI is InChI=1S/C16H14ClN5O2/c17-12-6-8-13(9-7-12)22-15(19-20-21-22)10-18-16(23)11-24-14-4-2-1-3-5-14/h1-9H,10-11H2,(H,18,23). The van der Waals surface area contributed by atoms with Crippen molar-refractivity contribution in [3.63, 3.8) is 0 Å². The molecule has 2 aromatic carbocycles. The van der Waals surface area contributed by atoms with E-state index in [1.54, 1.807) is 36.4 Å². The van der Waals surface area contributed by atoms with Gasteiger partial charge in [-0.1, -0.05) is 29.8 Å². The highest BCUT2D eigenvalue weighted by molar-refractivity contribution is 6.30. The Morgan fingerprint density at radius 3 is 2.62 bits per heavy atom. The van der Waals surface area contributed by atoms with Gasteiger partial charge in [0.15, 0.2) is 12.4 Å². The van der Waals surface area contributed by atoms with Crippen LogP contribution in [-0.4, -0.2) is 32.7 Å². The van der Waals surface area contributed by atoms with Crippen LogP contribution in [0.4, 0.5) is 0 Å². The average Bonchev–Trinajstić information content (AvgIpc) is 3.08. The van der Waals surface area contributed by atoms with Gasteiger partial charge in [0.05, 0.1) is 12.2 Å². The smallest absolute Gasteiger partial charge is 0.258 e. The van der Waals surface area contributed by atoms with E-state index in [2.05, 4.69) is 20.8 Å². The van der Waals surface area contributed by atoms with Gasteiger partial charge >= 0.3 is 0 Å². The minimum atomic E-state index is -0.260. The highest BCUT2D eigenvalue weighted by Crippen LogP contribution is 2.13. The number of para-hydroxylation sites is 1. The Morgan fingerprint density at radius 1 is 1.12 bits per heavy atom. The number of benzene rings is 2. The van der Waals surface area contributed by atoms with Crippen LogP contribution in [0.15, 0.2) is 54.6 Å². The van der Waals surface area contributed by atoms with Crippen molar-refractivity contribution in [2.45, 2.75) is 6.54 Å². The van der Waals surface area contributed by atoms with E-state index >= 15 is 0 Å². The number of nitrogens with zero attached hydrogens (tertiary/aromatic N) is 4. The lowest BCUT2D eigenvalue weighted by Crippen LogP contribution is -2.29. The predicted octanol–water partition coefficient (Wildman–Crippen LogP) is 2.01. The number of amides is 1. The third-order valence-electron chi connectivity index (χ3n) is 3.16. The van der Waals surface area contributed by atoms with E-state index in [0.717, 1.165) is 5.69 Å². The number of ether oxygens (including phenoxy) is 1. The monoisotopic (exact) mass is 343 g/mol. The second-order valence-electron chi connectivity index (χ2n) is 4.86. The number of rotatable bonds is 6. The summed E-state index contributed by atoms with van der Waals surface area (Å²) in [6, 6.07) is 16.2. The topological polar surface area (TPSA) is 81.9 Å². The average molecular weight is 344 g/mol. The first-order valence-corrected chi connectivity index (χ1v) is 7.58. The van der Waals surface area contributed by atoms with Crippen LogP contribution >= 0.6 is 11.6 Å². The number of hydrogen-bond acceptors (Lipinski definition) is 5. The molecule has 0 radical (unpaired) electrons. The van der Waals surface area contributed by atoms with Gasteiger partial charge in [-0.2, -0.15) is 4.68 Å². The Balaban J connectivity index is 1.56. The molecule has 0 aliphatic heterocycles. The van der Waals surface area contributed by atoms with Crippen LogP contribution in [0.25, 0.3) is 5.69 Å². The van der Waals surface area contributed by atoms with Crippen molar-refractivity contribution >= 4 is 17.5 Å². The van der Waals surface area contributed by atoms with Gasteiger partial charge < -0.3 is 10.1 Å². The lowest BCUT2D eigenvalue weighted by atomic mass is 10.3. The van der Waals surface area contributed by atoms with Crippen LogP contribution in [0.1, 0.15) is 5.82 Å². The Hall–Kier alpha value is -2.93. The highest BCUT2D eigenvalue weighted by Gasteiger charge is 2.10. The summed E-state index contributed by atoms with van der Waals surface area (Å²) in [5.41, 5.74) is 0.759. The van der Waals surface area contributed by atoms with Crippen molar-refractivity contribution in [2.75, 3.05) is 6.61 Å². The predicted molar refractivity (Wildman–Crippen MR) is 87.9 cm³/mol. The Bertz CT molecular complexity index is 805. The molecule has 0 saturated carbocycles. The molecule has 1 amide bonds. The second kappa shape index (κ2) is 7.56. The highest BCUT2D eigenvalue weighted by atomic mass is 35.5. The van der Waals surface area contributed by atoms with Gasteiger partial charge in [0, 0.05) is 5.02 Å². The first-order chi connectivity index (χ1) is 11.7. The molecular formula is C16H14ClN5O2. The van der Waals surface area contributed by atoms with Gasteiger partial charge in [0.25, 0.3) is 5.91 Å². The van der Waals surface area contributed by atoms with Gasteiger partial charge in [-0.05, 0) is 46.8 Å². The molecule has 1 N–H and O–H groups in total. The van der Waals surface area contributed by atoms with Crippen molar-refractivity contribution in [3.8, 4) is 11.4 Å². The fourth-order valence-electron chi connectivity index (χ4n) is 1.99. The van der Waals surface area contributed by atoms with E-state index in [0.29, 0.717) is 16.6 Å². The first kappa shape index (κ1) is 15.9. The molecule has 122 valence electrons. The van der Waals surface area contributed by atoms with Gasteiger partial charge in [-0.15, -0.1) is 5.10 Å². The van der Waals surface area contributed by atoms with Gasteiger partial charge in [-0.25, -0.2) is 0 Å². The van der Waals surface area contributed by atoms with Crippen LogP contribution in [0.2, 0.25) is 5.02 Å². The van der Waals surface area contributed by atoms with Crippen LogP contribution in [0, 0.1) is 0 Å². The molecule has 0 aliphatic carbocycles. The summed E-state index contributed by atoms with van der Waals surface area (Å²) in [4.78, 5) is 11.9. The normalized spacial score (nSPS) is 10.4. The number of carbonyl (C=O) groups is 1.